The average Bonchev–Trinajstić information content (AvgIpc) is 2.69. The van der Waals surface area contributed by atoms with Gasteiger partial charge in [0.1, 0.15) is 0 Å². The molecule has 0 saturated carbocycles. The van der Waals surface area contributed by atoms with Gasteiger partial charge >= 0.3 is 0 Å². The fourth-order valence-electron chi connectivity index (χ4n) is 3.02. The van der Waals surface area contributed by atoms with Crippen LogP contribution in [0.15, 0.2) is 59.5 Å². The molecule has 27 heavy (non-hydrogen) atoms. The van der Waals surface area contributed by atoms with Crippen molar-refractivity contribution in [1.82, 2.24) is 4.31 Å². The first-order valence-corrected chi connectivity index (χ1v) is 10.5. The van der Waals surface area contributed by atoms with Gasteiger partial charge in [0.25, 0.3) is 0 Å². The number of carbonyl (C=O) groups is 1. The predicted octanol–water partition coefficient (Wildman–Crippen LogP) is 3.19. The molecule has 1 heterocycles. The Bertz CT molecular complexity index is 867. The van der Waals surface area contributed by atoms with Gasteiger partial charge in [0.05, 0.1) is 17.6 Å². The number of amides is 1. The van der Waals surface area contributed by atoms with E-state index in [0.717, 1.165) is 12.0 Å². The van der Waals surface area contributed by atoms with Crippen molar-refractivity contribution in [2.24, 2.45) is 0 Å². The quantitative estimate of drug-likeness (QED) is 0.825. The molecule has 1 aliphatic rings. The van der Waals surface area contributed by atoms with Crippen molar-refractivity contribution in [1.29, 1.82) is 0 Å². The first-order valence-electron chi connectivity index (χ1n) is 9.07. The Hall–Kier alpha value is -2.22. The van der Waals surface area contributed by atoms with Crippen LogP contribution in [-0.4, -0.2) is 38.3 Å². The lowest BCUT2D eigenvalue weighted by Gasteiger charge is -2.32. The van der Waals surface area contributed by atoms with Crippen LogP contribution >= 0.6 is 0 Å². The highest BCUT2D eigenvalue weighted by atomic mass is 32.2. The molecule has 7 heteroatoms. The molecule has 0 bridgehead atoms. The lowest BCUT2D eigenvalue weighted by Crippen LogP contribution is -2.42. The molecule has 1 fully saturated rings. The van der Waals surface area contributed by atoms with E-state index < -0.39 is 10.0 Å². The van der Waals surface area contributed by atoms with Gasteiger partial charge in [-0.05, 0) is 36.2 Å². The van der Waals surface area contributed by atoms with E-state index in [-0.39, 0.29) is 23.5 Å². The maximum atomic E-state index is 13.0. The molecular formula is C20H24N2O4S. The molecule has 2 aromatic carbocycles. The Labute approximate surface area is 160 Å². The highest BCUT2D eigenvalue weighted by Crippen LogP contribution is 2.27. The Morgan fingerprint density at radius 3 is 2.52 bits per heavy atom. The van der Waals surface area contributed by atoms with Gasteiger partial charge in [-0.2, -0.15) is 4.31 Å². The smallest absolute Gasteiger partial charge is 0.243 e. The minimum Gasteiger partial charge on any atom is -0.371 e. The molecule has 0 spiro atoms. The number of carbonyl (C=O) groups excluding carboxylic acids is 1. The number of sulfonamides is 1. The lowest BCUT2D eigenvalue weighted by atomic mass is 10.1. The second-order valence-corrected chi connectivity index (χ2v) is 8.39. The van der Waals surface area contributed by atoms with Crippen LogP contribution in [-0.2, 0) is 19.6 Å². The molecule has 1 atom stereocenters. The molecule has 1 saturated heterocycles. The van der Waals surface area contributed by atoms with Crippen LogP contribution in [0, 0.1) is 0 Å². The molecular weight excluding hydrogens is 364 g/mol. The van der Waals surface area contributed by atoms with Crippen molar-refractivity contribution in [3.8, 4) is 0 Å². The molecule has 1 aliphatic heterocycles. The number of morpholine rings is 1. The van der Waals surface area contributed by atoms with Gasteiger partial charge in [-0.3, -0.25) is 4.79 Å². The average molecular weight is 388 g/mol. The second-order valence-electron chi connectivity index (χ2n) is 6.46. The van der Waals surface area contributed by atoms with Crippen LogP contribution in [0.5, 0.6) is 0 Å². The number of hydrogen-bond donors (Lipinski definition) is 1. The van der Waals surface area contributed by atoms with Crippen molar-refractivity contribution in [3.05, 3.63) is 60.2 Å². The molecule has 144 valence electrons. The summed E-state index contributed by atoms with van der Waals surface area (Å²) in [6, 6.07) is 15.9. The molecule has 2 aromatic rings. The summed E-state index contributed by atoms with van der Waals surface area (Å²) in [7, 11) is -3.62. The van der Waals surface area contributed by atoms with Crippen molar-refractivity contribution in [2.45, 2.75) is 30.8 Å². The number of rotatable bonds is 6. The van der Waals surface area contributed by atoms with E-state index in [1.54, 1.807) is 12.1 Å². The monoisotopic (exact) mass is 388 g/mol. The highest BCUT2D eigenvalue weighted by Gasteiger charge is 2.31. The van der Waals surface area contributed by atoms with Crippen LogP contribution < -0.4 is 5.32 Å². The van der Waals surface area contributed by atoms with E-state index in [4.69, 9.17) is 4.74 Å². The fourth-order valence-corrected chi connectivity index (χ4v) is 4.45. The van der Waals surface area contributed by atoms with Crippen LogP contribution in [0.3, 0.4) is 0 Å². The van der Waals surface area contributed by atoms with Crippen molar-refractivity contribution in [3.63, 3.8) is 0 Å². The third-order valence-corrected chi connectivity index (χ3v) is 6.33. The van der Waals surface area contributed by atoms with Crippen molar-refractivity contribution < 1.29 is 17.9 Å². The normalized spacial score (nSPS) is 18.2. The highest BCUT2D eigenvalue weighted by molar-refractivity contribution is 7.89. The minimum absolute atomic E-state index is 0.0769. The van der Waals surface area contributed by atoms with Crippen LogP contribution in [0.4, 0.5) is 5.69 Å². The summed E-state index contributed by atoms with van der Waals surface area (Å²) >= 11 is 0. The zero-order valence-electron chi connectivity index (χ0n) is 15.3. The minimum atomic E-state index is -3.62. The molecule has 1 amide bonds. The molecule has 1 N–H and O–H groups in total. The number of hydrogen-bond acceptors (Lipinski definition) is 4. The first-order chi connectivity index (χ1) is 13.0. The number of benzene rings is 2. The molecule has 0 unspecified atom stereocenters. The van der Waals surface area contributed by atoms with Gasteiger partial charge in [0.15, 0.2) is 0 Å². The van der Waals surface area contributed by atoms with Gasteiger partial charge in [0.2, 0.25) is 15.9 Å². The number of anilines is 1. The van der Waals surface area contributed by atoms with E-state index in [0.29, 0.717) is 25.3 Å². The summed E-state index contributed by atoms with van der Waals surface area (Å²) in [5, 5.41) is 2.76. The molecule has 6 nitrogen and oxygen atoms in total. The number of nitrogens with one attached hydrogen (secondary N) is 1. The van der Waals surface area contributed by atoms with Gasteiger partial charge in [-0.1, -0.05) is 37.3 Å². The van der Waals surface area contributed by atoms with Crippen molar-refractivity contribution >= 4 is 21.6 Å². The van der Waals surface area contributed by atoms with E-state index >= 15 is 0 Å². The first kappa shape index (κ1) is 19.5. The Morgan fingerprint density at radius 1 is 1.15 bits per heavy atom. The summed E-state index contributed by atoms with van der Waals surface area (Å²) < 4.78 is 33.2. The Balaban J connectivity index is 1.72. The van der Waals surface area contributed by atoms with E-state index in [9.17, 15) is 13.2 Å². The third kappa shape index (κ3) is 4.74. The molecule has 0 aromatic heterocycles. The number of ether oxygens (including phenoxy) is 1. The summed E-state index contributed by atoms with van der Waals surface area (Å²) in [4.78, 5) is 11.9. The number of nitrogens with zero attached hydrogens (tertiary/aromatic N) is 1. The Morgan fingerprint density at radius 2 is 1.85 bits per heavy atom. The van der Waals surface area contributed by atoms with Gasteiger partial charge < -0.3 is 10.1 Å². The SMILES string of the molecule is CCCC(=O)Nc1ccc(S(=O)(=O)N2CCO[C@H](c3ccccc3)C2)cc1. The lowest BCUT2D eigenvalue weighted by molar-refractivity contribution is -0.116. The third-order valence-electron chi connectivity index (χ3n) is 4.45. The largest absolute Gasteiger partial charge is 0.371 e. The Kier molecular flexibility index (Phi) is 6.26. The fraction of sp³-hybridized carbons (Fsp3) is 0.350. The predicted molar refractivity (Wildman–Crippen MR) is 104 cm³/mol. The van der Waals surface area contributed by atoms with E-state index in [1.807, 2.05) is 37.3 Å². The molecule has 0 radical (unpaired) electrons. The molecule has 0 aliphatic carbocycles. The molecule has 3 rings (SSSR count). The zero-order valence-corrected chi connectivity index (χ0v) is 16.1. The second kappa shape index (κ2) is 8.65. The summed E-state index contributed by atoms with van der Waals surface area (Å²) in [6.07, 6.45) is 0.925. The topological polar surface area (TPSA) is 75.7 Å². The van der Waals surface area contributed by atoms with E-state index in [1.165, 1.54) is 16.4 Å². The van der Waals surface area contributed by atoms with E-state index in [2.05, 4.69) is 5.32 Å². The summed E-state index contributed by atoms with van der Waals surface area (Å²) in [5.41, 5.74) is 1.56. The van der Waals surface area contributed by atoms with Gasteiger partial charge in [-0.25, -0.2) is 8.42 Å². The zero-order chi connectivity index (χ0) is 19.3. The standard InChI is InChI=1S/C20H24N2O4S/c1-2-6-20(23)21-17-9-11-18(12-10-17)27(24,25)22-13-14-26-19(15-22)16-7-4-3-5-8-16/h3-5,7-12,19H,2,6,13-15H2,1H3,(H,21,23)/t19-/m0/s1. The summed E-state index contributed by atoms with van der Waals surface area (Å²) in [6.45, 7) is 2.88. The van der Waals surface area contributed by atoms with Crippen LogP contribution in [0.25, 0.3) is 0 Å². The van der Waals surface area contributed by atoms with Crippen LogP contribution in [0.1, 0.15) is 31.4 Å². The van der Waals surface area contributed by atoms with Gasteiger partial charge in [0, 0.05) is 25.2 Å². The maximum Gasteiger partial charge on any atom is 0.243 e. The van der Waals surface area contributed by atoms with Crippen molar-refractivity contribution in [2.75, 3.05) is 25.0 Å². The van der Waals surface area contributed by atoms with Crippen LogP contribution in [0.2, 0.25) is 0 Å². The van der Waals surface area contributed by atoms with Gasteiger partial charge in [-0.15, -0.1) is 0 Å². The maximum absolute atomic E-state index is 13.0. The summed E-state index contributed by atoms with van der Waals surface area (Å²) in [5.74, 6) is -0.0769.